The van der Waals surface area contributed by atoms with Crippen molar-refractivity contribution in [2.75, 3.05) is 28.1 Å². The Morgan fingerprint density at radius 2 is 1.68 bits per heavy atom. The van der Waals surface area contributed by atoms with Crippen molar-refractivity contribution in [2.45, 2.75) is 0 Å². The molecule has 28 heavy (non-hydrogen) atoms. The van der Waals surface area contributed by atoms with Gasteiger partial charge >= 0.3 is 0 Å². The third kappa shape index (κ3) is 2.93. The van der Waals surface area contributed by atoms with E-state index in [1.807, 2.05) is 23.7 Å². The molecule has 1 aliphatic rings. The molecule has 0 unspecified atom stereocenters. The van der Waals surface area contributed by atoms with Crippen LogP contribution in [0.1, 0.15) is 10.4 Å². The SMILES string of the molecule is COc1cc(C(=O)N=c2sc3cc4c(cc3n2C)OCO4)cc(OC)c1OC. The minimum absolute atomic E-state index is 0.215. The number of methoxy groups -OCH3 is 3. The number of benzene rings is 2. The molecule has 2 aromatic carbocycles. The Hall–Kier alpha value is -3.20. The van der Waals surface area contributed by atoms with Gasteiger partial charge < -0.3 is 28.3 Å². The summed E-state index contributed by atoms with van der Waals surface area (Å²) in [5, 5.41) is 0. The number of amides is 1. The van der Waals surface area contributed by atoms with Gasteiger partial charge in [-0.25, -0.2) is 0 Å². The molecule has 0 N–H and O–H groups in total. The first kappa shape index (κ1) is 18.2. The van der Waals surface area contributed by atoms with Crippen molar-refractivity contribution in [3.05, 3.63) is 34.6 Å². The first-order valence-corrected chi connectivity index (χ1v) is 9.15. The van der Waals surface area contributed by atoms with Crippen molar-refractivity contribution in [2.24, 2.45) is 12.0 Å². The van der Waals surface area contributed by atoms with E-state index >= 15 is 0 Å². The predicted octanol–water partition coefficient (Wildman–Crippen LogP) is 2.74. The minimum atomic E-state index is -0.415. The number of fused-ring (bicyclic) bond motifs is 2. The Morgan fingerprint density at radius 1 is 1.04 bits per heavy atom. The molecule has 1 aromatic heterocycles. The van der Waals surface area contributed by atoms with E-state index in [2.05, 4.69) is 4.99 Å². The maximum absolute atomic E-state index is 12.8. The van der Waals surface area contributed by atoms with Gasteiger partial charge in [-0.05, 0) is 12.1 Å². The first-order chi connectivity index (χ1) is 13.5. The first-order valence-electron chi connectivity index (χ1n) is 8.34. The highest BCUT2D eigenvalue weighted by Gasteiger charge is 2.19. The van der Waals surface area contributed by atoms with Gasteiger partial charge in [0, 0.05) is 24.7 Å². The highest BCUT2D eigenvalue weighted by Crippen LogP contribution is 2.39. The lowest BCUT2D eigenvalue weighted by Gasteiger charge is -2.12. The highest BCUT2D eigenvalue weighted by atomic mass is 32.1. The van der Waals surface area contributed by atoms with Crippen LogP contribution in [-0.2, 0) is 7.05 Å². The summed E-state index contributed by atoms with van der Waals surface area (Å²) in [6, 6.07) is 6.94. The van der Waals surface area contributed by atoms with E-state index in [9.17, 15) is 4.79 Å². The van der Waals surface area contributed by atoms with Gasteiger partial charge in [-0.1, -0.05) is 11.3 Å². The van der Waals surface area contributed by atoms with E-state index < -0.39 is 5.91 Å². The molecule has 2 heterocycles. The number of hydrogen-bond donors (Lipinski definition) is 0. The second-order valence-corrected chi connectivity index (χ2v) is 6.96. The molecular formula is C19H18N2O6S. The lowest BCUT2D eigenvalue weighted by atomic mass is 10.1. The highest BCUT2D eigenvalue weighted by molar-refractivity contribution is 7.16. The van der Waals surface area contributed by atoms with Gasteiger partial charge in [0.2, 0.25) is 12.5 Å². The predicted molar refractivity (Wildman–Crippen MR) is 103 cm³/mol. The number of hydrogen-bond acceptors (Lipinski definition) is 7. The van der Waals surface area contributed by atoms with E-state index in [0.29, 0.717) is 39.1 Å². The quantitative estimate of drug-likeness (QED) is 0.668. The zero-order valence-corrected chi connectivity index (χ0v) is 16.6. The van der Waals surface area contributed by atoms with Crippen LogP contribution in [0, 0.1) is 0 Å². The third-order valence-electron chi connectivity index (χ3n) is 4.41. The largest absolute Gasteiger partial charge is 0.493 e. The molecule has 8 nitrogen and oxygen atoms in total. The molecule has 1 aliphatic heterocycles. The third-order valence-corrected chi connectivity index (χ3v) is 5.51. The standard InChI is InChI=1S/C19H18N2O6S/c1-21-11-7-12-13(27-9-26-12)8-16(11)28-19(21)20-18(22)10-5-14(23-2)17(25-4)15(6-10)24-3/h5-8H,9H2,1-4H3. The van der Waals surface area contributed by atoms with Crippen LogP contribution in [0.4, 0.5) is 0 Å². The number of aryl methyl sites for hydroxylation is 1. The molecule has 0 aliphatic carbocycles. The van der Waals surface area contributed by atoms with Gasteiger partial charge in [0.15, 0.2) is 27.8 Å². The molecule has 0 fully saturated rings. The fourth-order valence-electron chi connectivity index (χ4n) is 2.98. The molecular weight excluding hydrogens is 384 g/mol. The number of thiazole rings is 1. The second-order valence-electron chi connectivity index (χ2n) is 5.95. The number of aromatic nitrogens is 1. The fourth-order valence-corrected chi connectivity index (χ4v) is 4.01. The van der Waals surface area contributed by atoms with E-state index in [1.54, 1.807) is 12.1 Å². The molecule has 4 rings (SSSR count). The summed E-state index contributed by atoms with van der Waals surface area (Å²) in [7, 11) is 6.35. The van der Waals surface area contributed by atoms with Crippen molar-refractivity contribution in [1.29, 1.82) is 0 Å². The maximum atomic E-state index is 12.8. The Labute approximate surface area is 164 Å². The van der Waals surface area contributed by atoms with Crippen LogP contribution in [0.2, 0.25) is 0 Å². The molecule has 0 radical (unpaired) electrons. The summed E-state index contributed by atoms with van der Waals surface area (Å²) in [6.07, 6.45) is 0. The van der Waals surface area contributed by atoms with Crippen LogP contribution in [-0.4, -0.2) is 38.6 Å². The topological polar surface area (TPSA) is 80.5 Å². The minimum Gasteiger partial charge on any atom is -0.493 e. The summed E-state index contributed by atoms with van der Waals surface area (Å²) < 4.78 is 29.5. The summed E-state index contributed by atoms with van der Waals surface area (Å²) >= 11 is 1.39. The average Bonchev–Trinajstić information content (AvgIpc) is 3.29. The maximum Gasteiger partial charge on any atom is 0.279 e. The van der Waals surface area contributed by atoms with Crippen LogP contribution in [0.5, 0.6) is 28.7 Å². The van der Waals surface area contributed by atoms with Crippen LogP contribution < -0.4 is 28.5 Å². The van der Waals surface area contributed by atoms with Gasteiger partial charge in [0.1, 0.15) is 0 Å². The van der Waals surface area contributed by atoms with Gasteiger partial charge in [-0.2, -0.15) is 4.99 Å². The van der Waals surface area contributed by atoms with Crippen molar-refractivity contribution >= 4 is 27.5 Å². The average molecular weight is 402 g/mol. The van der Waals surface area contributed by atoms with Crippen LogP contribution in [0.15, 0.2) is 29.3 Å². The van der Waals surface area contributed by atoms with E-state index in [1.165, 1.54) is 32.7 Å². The summed E-state index contributed by atoms with van der Waals surface area (Å²) in [4.78, 5) is 17.6. The number of rotatable bonds is 4. The molecule has 0 saturated carbocycles. The van der Waals surface area contributed by atoms with Crippen molar-refractivity contribution in [3.8, 4) is 28.7 Å². The lowest BCUT2D eigenvalue weighted by Crippen LogP contribution is -2.13. The summed E-state index contributed by atoms with van der Waals surface area (Å²) in [5.41, 5.74) is 1.24. The summed E-state index contributed by atoms with van der Waals surface area (Å²) in [6.45, 7) is 0.215. The monoisotopic (exact) mass is 402 g/mol. The molecule has 0 bridgehead atoms. The smallest absolute Gasteiger partial charge is 0.279 e. The molecule has 3 aromatic rings. The van der Waals surface area contributed by atoms with Gasteiger partial charge in [-0.3, -0.25) is 4.79 Å². The van der Waals surface area contributed by atoms with Gasteiger partial charge in [0.05, 0.1) is 31.5 Å². The van der Waals surface area contributed by atoms with Crippen molar-refractivity contribution in [1.82, 2.24) is 4.57 Å². The Morgan fingerprint density at radius 3 is 2.29 bits per heavy atom. The molecule has 0 saturated heterocycles. The zero-order chi connectivity index (χ0) is 19.8. The second kappa shape index (κ2) is 7.08. The van der Waals surface area contributed by atoms with E-state index in [4.69, 9.17) is 23.7 Å². The molecule has 1 amide bonds. The fraction of sp³-hybridized carbons (Fsp3) is 0.263. The number of nitrogens with zero attached hydrogens (tertiary/aromatic N) is 2. The van der Waals surface area contributed by atoms with E-state index in [-0.39, 0.29) is 6.79 Å². The van der Waals surface area contributed by atoms with Crippen LogP contribution in [0.3, 0.4) is 0 Å². The Balaban J connectivity index is 1.79. The van der Waals surface area contributed by atoms with Gasteiger partial charge in [0.25, 0.3) is 5.91 Å². The number of ether oxygens (including phenoxy) is 5. The Kier molecular flexibility index (Phi) is 4.60. The normalized spacial score (nSPS) is 13.1. The Bertz CT molecular complexity index is 1120. The molecule has 0 spiro atoms. The molecule has 9 heteroatoms. The molecule has 0 atom stereocenters. The van der Waals surface area contributed by atoms with Crippen LogP contribution in [0.25, 0.3) is 10.2 Å². The van der Waals surface area contributed by atoms with E-state index in [0.717, 1.165) is 10.2 Å². The van der Waals surface area contributed by atoms with Crippen molar-refractivity contribution < 1.29 is 28.5 Å². The number of carbonyl (C=O) groups is 1. The molecule has 146 valence electrons. The number of carbonyl (C=O) groups excluding carboxylic acids is 1. The lowest BCUT2D eigenvalue weighted by molar-refractivity contribution is 0.0997. The van der Waals surface area contributed by atoms with Crippen molar-refractivity contribution in [3.63, 3.8) is 0 Å². The van der Waals surface area contributed by atoms with Crippen LogP contribution >= 0.6 is 11.3 Å². The summed E-state index contributed by atoms with van der Waals surface area (Å²) in [5.74, 6) is 2.17. The zero-order valence-electron chi connectivity index (χ0n) is 15.8. The van der Waals surface area contributed by atoms with Gasteiger partial charge in [-0.15, -0.1) is 0 Å².